The second-order valence-corrected chi connectivity index (χ2v) is 6.97. The van der Waals surface area contributed by atoms with Gasteiger partial charge in [0.1, 0.15) is 4.83 Å². The van der Waals surface area contributed by atoms with Crippen molar-refractivity contribution in [2.24, 2.45) is 0 Å². The van der Waals surface area contributed by atoms with E-state index in [1.165, 1.54) is 22.2 Å². The molecule has 0 radical (unpaired) electrons. The molecule has 0 spiro atoms. The highest BCUT2D eigenvalue weighted by molar-refractivity contribution is 7.18. The van der Waals surface area contributed by atoms with Crippen molar-refractivity contribution < 1.29 is 9.53 Å². The second-order valence-electron chi connectivity index (χ2n) is 5.77. The Labute approximate surface area is 139 Å². The molecule has 0 aliphatic rings. The number of amides is 1. The van der Waals surface area contributed by atoms with Gasteiger partial charge in [-0.15, -0.1) is 11.3 Å². The first-order valence-corrected chi connectivity index (χ1v) is 8.38. The smallest absolute Gasteiger partial charge is 0.262 e. The quantitative estimate of drug-likeness (QED) is 0.808. The topological polar surface area (TPSA) is 64.4 Å². The number of ether oxygens (including phenoxy) is 1. The fourth-order valence-corrected chi connectivity index (χ4v) is 3.41. The molecule has 0 aliphatic heterocycles. The maximum absolute atomic E-state index is 12.6. The summed E-state index contributed by atoms with van der Waals surface area (Å²) in [5.74, 6) is -0.0141. The second kappa shape index (κ2) is 7.23. The molecule has 126 valence electrons. The number of aromatic nitrogens is 2. The van der Waals surface area contributed by atoms with E-state index in [0.29, 0.717) is 18.5 Å². The molecular formula is C16H23N3O3S. The van der Waals surface area contributed by atoms with E-state index < -0.39 is 0 Å². The number of carbonyl (C=O) groups excluding carboxylic acids is 1. The summed E-state index contributed by atoms with van der Waals surface area (Å²) in [5.41, 5.74) is 0.909. The Bertz CT molecular complexity index is 766. The molecule has 0 N–H and O–H groups in total. The van der Waals surface area contributed by atoms with E-state index in [1.807, 2.05) is 20.8 Å². The Balaban J connectivity index is 2.14. The van der Waals surface area contributed by atoms with Crippen LogP contribution in [0.2, 0.25) is 0 Å². The molecule has 0 saturated carbocycles. The van der Waals surface area contributed by atoms with Gasteiger partial charge in [0.2, 0.25) is 5.91 Å². The molecule has 2 aromatic rings. The Morgan fingerprint density at radius 2 is 2.17 bits per heavy atom. The van der Waals surface area contributed by atoms with Gasteiger partial charge in [0, 0.05) is 32.0 Å². The molecule has 0 bridgehead atoms. The minimum atomic E-state index is -0.0720. The van der Waals surface area contributed by atoms with Crippen LogP contribution in [0.3, 0.4) is 0 Å². The van der Waals surface area contributed by atoms with E-state index >= 15 is 0 Å². The van der Waals surface area contributed by atoms with Gasteiger partial charge in [-0.2, -0.15) is 0 Å². The first-order chi connectivity index (χ1) is 10.9. The van der Waals surface area contributed by atoms with E-state index in [1.54, 1.807) is 19.1 Å². The van der Waals surface area contributed by atoms with Gasteiger partial charge in [-0.1, -0.05) is 0 Å². The summed E-state index contributed by atoms with van der Waals surface area (Å²) in [6.07, 6.45) is 1.80. The van der Waals surface area contributed by atoms with Gasteiger partial charge in [0.05, 0.1) is 24.4 Å². The van der Waals surface area contributed by atoms with Crippen LogP contribution in [-0.2, 0) is 16.1 Å². The zero-order valence-corrected chi connectivity index (χ0v) is 15.1. The van der Waals surface area contributed by atoms with Crippen LogP contribution in [0, 0.1) is 13.8 Å². The van der Waals surface area contributed by atoms with Crippen LogP contribution >= 0.6 is 11.3 Å². The SMILES string of the molecule is COC[C@@H](C)N(C)C(=O)CCn1cnc2sc(C)c(C)c2c1=O. The fraction of sp³-hybridized carbons (Fsp3) is 0.562. The number of carbonyl (C=O) groups is 1. The predicted octanol–water partition coefficient (Wildman–Crippen LogP) is 1.96. The van der Waals surface area contributed by atoms with Crippen LogP contribution in [-0.4, -0.2) is 47.2 Å². The Morgan fingerprint density at radius 1 is 1.48 bits per heavy atom. The number of likely N-dealkylation sites (N-methyl/N-ethyl adjacent to an activating group) is 1. The van der Waals surface area contributed by atoms with Crippen LogP contribution in [0.15, 0.2) is 11.1 Å². The maximum atomic E-state index is 12.6. The zero-order valence-electron chi connectivity index (χ0n) is 14.3. The molecule has 6 nitrogen and oxygen atoms in total. The number of rotatable bonds is 6. The third-order valence-electron chi connectivity index (χ3n) is 4.18. The lowest BCUT2D eigenvalue weighted by Gasteiger charge is -2.24. The van der Waals surface area contributed by atoms with Gasteiger partial charge >= 0.3 is 0 Å². The molecule has 0 saturated heterocycles. The molecule has 7 heteroatoms. The lowest BCUT2D eigenvalue weighted by atomic mass is 10.2. The molecule has 0 fully saturated rings. The van der Waals surface area contributed by atoms with Gasteiger partial charge in [-0.05, 0) is 26.3 Å². The minimum Gasteiger partial charge on any atom is -0.383 e. The number of fused-ring (bicyclic) bond motifs is 1. The summed E-state index contributed by atoms with van der Waals surface area (Å²) in [6.45, 7) is 6.68. The van der Waals surface area contributed by atoms with Crippen molar-refractivity contribution in [1.82, 2.24) is 14.5 Å². The predicted molar refractivity (Wildman–Crippen MR) is 92.1 cm³/mol. The van der Waals surface area contributed by atoms with Crippen molar-refractivity contribution in [3.63, 3.8) is 0 Å². The van der Waals surface area contributed by atoms with Crippen molar-refractivity contribution in [3.05, 3.63) is 27.1 Å². The van der Waals surface area contributed by atoms with E-state index in [0.717, 1.165) is 15.3 Å². The molecule has 2 aromatic heterocycles. The summed E-state index contributed by atoms with van der Waals surface area (Å²) in [5, 5.41) is 0.670. The van der Waals surface area contributed by atoms with Gasteiger partial charge in [-0.3, -0.25) is 14.2 Å². The summed E-state index contributed by atoms with van der Waals surface area (Å²) >= 11 is 1.53. The van der Waals surface area contributed by atoms with Crippen molar-refractivity contribution >= 4 is 27.5 Å². The number of hydrogen-bond acceptors (Lipinski definition) is 5. The molecule has 0 unspecified atom stereocenters. The normalized spacial score (nSPS) is 12.6. The van der Waals surface area contributed by atoms with Crippen LogP contribution < -0.4 is 5.56 Å². The summed E-state index contributed by atoms with van der Waals surface area (Å²) in [4.78, 5) is 32.6. The van der Waals surface area contributed by atoms with E-state index in [-0.39, 0.29) is 23.9 Å². The number of nitrogens with zero attached hydrogens (tertiary/aromatic N) is 3. The summed E-state index contributed by atoms with van der Waals surface area (Å²) < 4.78 is 6.58. The number of hydrogen-bond donors (Lipinski definition) is 0. The number of aryl methyl sites for hydroxylation is 3. The number of thiophene rings is 1. The molecule has 0 aliphatic carbocycles. The largest absolute Gasteiger partial charge is 0.383 e. The van der Waals surface area contributed by atoms with E-state index in [9.17, 15) is 9.59 Å². The van der Waals surface area contributed by atoms with Crippen LogP contribution in [0.1, 0.15) is 23.8 Å². The van der Waals surface area contributed by atoms with Crippen molar-refractivity contribution in [3.8, 4) is 0 Å². The zero-order chi connectivity index (χ0) is 17.1. The highest BCUT2D eigenvalue weighted by Crippen LogP contribution is 2.25. The molecule has 1 amide bonds. The monoisotopic (exact) mass is 337 g/mol. The third-order valence-corrected chi connectivity index (χ3v) is 5.30. The fourth-order valence-electron chi connectivity index (χ4n) is 2.42. The maximum Gasteiger partial charge on any atom is 0.262 e. The molecule has 0 aromatic carbocycles. The average Bonchev–Trinajstić information content (AvgIpc) is 2.81. The average molecular weight is 337 g/mol. The van der Waals surface area contributed by atoms with Crippen molar-refractivity contribution in [2.45, 2.75) is 39.8 Å². The molecule has 2 heterocycles. The Kier molecular flexibility index (Phi) is 5.54. The third kappa shape index (κ3) is 3.61. The van der Waals surface area contributed by atoms with Crippen LogP contribution in [0.25, 0.3) is 10.2 Å². The van der Waals surface area contributed by atoms with Crippen LogP contribution in [0.4, 0.5) is 0 Å². The first kappa shape index (κ1) is 17.6. The molecule has 1 atom stereocenters. The Morgan fingerprint density at radius 3 is 2.83 bits per heavy atom. The lowest BCUT2D eigenvalue weighted by Crippen LogP contribution is -2.38. The summed E-state index contributed by atoms with van der Waals surface area (Å²) in [7, 11) is 3.36. The molecule has 2 rings (SSSR count). The van der Waals surface area contributed by atoms with Gasteiger partial charge in [0.25, 0.3) is 5.56 Å². The van der Waals surface area contributed by atoms with Gasteiger partial charge in [-0.25, -0.2) is 4.98 Å². The lowest BCUT2D eigenvalue weighted by molar-refractivity contribution is -0.132. The molecule has 23 heavy (non-hydrogen) atoms. The minimum absolute atomic E-state index is 0.00611. The highest BCUT2D eigenvalue weighted by atomic mass is 32.1. The van der Waals surface area contributed by atoms with Crippen molar-refractivity contribution in [2.75, 3.05) is 20.8 Å². The number of methoxy groups -OCH3 is 1. The summed E-state index contributed by atoms with van der Waals surface area (Å²) in [6, 6.07) is 0.00611. The first-order valence-electron chi connectivity index (χ1n) is 7.56. The van der Waals surface area contributed by atoms with Crippen LogP contribution in [0.5, 0.6) is 0 Å². The van der Waals surface area contributed by atoms with E-state index in [2.05, 4.69) is 4.98 Å². The van der Waals surface area contributed by atoms with E-state index in [4.69, 9.17) is 4.74 Å². The standard InChI is InChI=1S/C16H23N3O3S/c1-10(8-22-5)18(4)13(20)6-7-19-9-17-15-14(16(19)21)11(2)12(3)23-15/h9-10H,6-8H2,1-5H3/t10-/m1/s1. The highest BCUT2D eigenvalue weighted by Gasteiger charge is 2.17. The molecular weight excluding hydrogens is 314 g/mol. The Hall–Kier alpha value is -1.73. The van der Waals surface area contributed by atoms with Crippen molar-refractivity contribution in [1.29, 1.82) is 0 Å². The van der Waals surface area contributed by atoms with Gasteiger partial charge < -0.3 is 9.64 Å². The van der Waals surface area contributed by atoms with Gasteiger partial charge in [0.15, 0.2) is 0 Å².